The van der Waals surface area contributed by atoms with Crippen LogP contribution in [0.1, 0.15) is 5.56 Å². The van der Waals surface area contributed by atoms with E-state index in [1.807, 2.05) is 60.7 Å². The number of hydrogen-bond acceptors (Lipinski definition) is 3. The number of benzene rings is 2. The molecule has 3 heteroatoms. The summed E-state index contributed by atoms with van der Waals surface area (Å²) in [5.41, 5.74) is 2.12. The van der Waals surface area contributed by atoms with Gasteiger partial charge in [0.25, 0.3) is 0 Å². The lowest BCUT2D eigenvalue weighted by Crippen LogP contribution is -1.98. The summed E-state index contributed by atoms with van der Waals surface area (Å²) < 4.78 is 10.8. The van der Waals surface area contributed by atoms with Crippen LogP contribution in [0, 0.1) is 0 Å². The number of ether oxygens (including phenoxy) is 1. The van der Waals surface area contributed by atoms with Crippen LogP contribution in [-0.4, -0.2) is 0 Å². The number of para-hydroxylation sites is 1. The predicted octanol–water partition coefficient (Wildman–Crippen LogP) is 4.68. The van der Waals surface area contributed by atoms with Crippen molar-refractivity contribution in [2.24, 2.45) is 0 Å². The lowest BCUT2D eigenvalue weighted by atomic mass is 10.2. The molecule has 0 aliphatic rings. The highest BCUT2D eigenvalue weighted by Gasteiger charge is 1.99. The molecule has 2 aromatic carbocycles. The summed E-state index contributed by atoms with van der Waals surface area (Å²) in [6.07, 6.45) is 3.41. The normalized spacial score (nSPS) is 10.2. The van der Waals surface area contributed by atoms with Gasteiger partial charge in [0.2, 0.25) is 0 Å². The van der Waals surface area contributed by atoms with Crippen molar-refractivity contribution in [3.8, 4) is 11.5 Å². The highest BCUT2D eigenvalue weighted by molar-refractivity contribution is 5.49. The highest BCUT2D eigenvalue weighted by Crippen LogP contribution is 2.24. The first-order valence-corrected chi connectivity index (χ1v) is 6.48. The van der Waals surface area contributed by atoms with Gasteiger partial charge in [-0.25, -0.2) is 0 Å². The maximum atomic E-state index is 5.80. The van der Waals surface area contributed by atoms with Gasteiger partial charge in [0, 0.05) is 23.9 Å². The van der Waals surface area contributed by atoms with E-state index in [0.29, 0.717) is 0 Å². The first-order valence-electron chi connectivity index (χ1n) is 6.48. The molecular formula is C17H15NO2. The summed E-state index contributed by atoms with van der Waals surface area (Å²) in [5, 5.41) is 3.33. The molecule has 1 N–H and O–H groups in total. The SMILES string of the molecule is c1ccc(Oc2cccc(NCc3ccoc3)c2)cc1. The van der Waals surface area contributed by atoms with E-state index in [9.17, 15) is 0 Å². The van der Waals surface area contributed by atoms with Gasteiger partial charge in [0.15, 0.2) is 0 Å². The molecule has 0 radical (unpaired) electrons. The molecule has 0 fully saturated rings. The van der Waals surface area contributed by atoms with E-state index in [2.05, 4.69) is 5.32 Å². The third-order valence-corrected chi connectivity index (χ3v) is 2.89. The van der Waals surface area contributed by atoms with Gasteiger partial charge in [-0.2, -0.15) is 0 Å². The Bertz CT molecular complexity index is 648. The zero-order valence-corrected chi connectivity index (χ0v) is 11.0. The smallest absolute Gasteiger partial charge is 0.129 e. The first-order chi connectivity index (χ1) is 9.90. The molecule has 0 amide bonds. The van der Waals surface area contributed by atoms with E-state index in [0.717, 1.165) is 29.3 Å². The zero-order chi connectivity index (χ0) is 13.6. The fraction of sp³-hybridized carbons (Fsp3) is 0.0588. The van der Waals surface area contributed by atoms with Gasteiger partial charge in [-0.15, -0.1) is 0 Å². The van der Waals surface area contributed by atoms with Gasteiger partial charge >= 0.3 is 0 Å². The van der Waals surface area contributed by atoms with Gasteiger partial charge < -0.3 is 14.5 Å². The summed E-state index contributed by atoms with van der Waals surface area (Å²) in [6, 6.07) is 19.6. The second-order valence-electron chi connectivity index (χ2n) is 4.43. The average molecular weight is 265 g/mol. The molecule has 0 atom stereocenters. The minimum absolute atomic E-state index is 0.727. The Morgan fingerprint density at radius 3 is 2.55 bits per heavy atom. The zero-order valence-electron chi connectivity index (χ0n) is 11.0. The molecule has 0 saturated carbocycles. The van der Waals surface area contributed by atoms with E-state index in [4.69, 9.17) is 9.15 Å². The second-order valence-corrected chi connectivity index (χ2v) is 4.43. The van der Waals surface area contributed by atoms with Crippen LogP contribution in [0.15, 0.2) is 77.6 Å². The van der Waals surface area contributed by atoms with E-state index in [1.165, 1.54) is 0 Å². The summed E-state index contributed by atoms with van der Waals surface area (Å²) >= 11 is 0. The van der Waals surface area contributed by atoms with Crippen molar-refractivity contribution in [2.75, 3.05) is 5.32 Å². The van der Waals surface area contributed by atoms with Gasteiger partial charge in [-0.05, 0) is 30.3 Å². The number of anilines is 1. The van der Waals surface area contributed by atoms with Crippen LogP contribution >= 0.6 is 0 Å². The summed E-state index contributed by atoms with van der Waals surface area (Å²) in [4.78, 5) is 0. The fourth-order valence-corrected chi connectivity index (χ4v) is 1.89. The van der Waals surface area contributed by atoms with Crippen molar-refractivity contribution < 1.29 is 9.15 Å². The summed E-state index contributed by atoms with van der Waals surface area (Å²) in [6.45, 7) is 0.727. The average Bonchev–Trinajstić information content (AvgIpc) is 3.00. The van der Waals surface area contributed by atoms with E-state index in [-0.39, 0.29) is 0 Å². The van der Waals surface area contributed by atoms with Crippen molar-refractivity contribution in [1.82, 2.24) is 0 Å². The molecule has 0 spiro atoms. The summed E-state index contributed by atoms with van der Waals surface area (Å²) in [7, 11) is 0. The Morgan fingerprint density at radius 2 is 1.75 bits per heavy atom. The van der Waals surface area contributed by atoms with Gasteiger partial charge in [-0.3, -0.25) is 0 Å². The largest absolute Gasteiger partial charge is 0.472 e. The van der Waals surface area contributed by atoms with Crippen LogP contribution in [0.3, 0.4) is 0 Å². The van der Waals surface area contributed by atoms with Crippen LogP contribution in [0.25, 0.3) is 0 Å². The molecular weight excluding hydrogens is 250 g/mol. The lowest BCUT2D eigenvalue weighted by molar-refractivity contribution is 0.483. The molecule has 20 heavy (non-hydrogen) atoms. The van der Waals surface area contributed by atoms with Crippen LogP contribution in [0.4, 0.5) is 5.69 Å². The Kier molecular flexibility index (Phi) is 3.69. The molecule has 0 aliphatic carbocycles. The summed E-state index contributed by atoms with van der Waals surface area (Å²) in [5.74, 6) is 1.65. The number of rotatable bonds is 5. The molecule has 3 rings (SSSR count). The van der Waals surface area contributed by atoms with Crippen LogP contribution in [0.5, 0.6) is 11.5 Å². The highest BCUT2D eigenvalue weighted by atomic mass is 16.5. The minimum Gasteiger partial charge on any atom is -0.472 e. The lowest BCUT2D eigenvalue weighted by Gasteiger charge is -2.09. The third kappa shape index (κ3) is 3.20. The molecule has 100 valence electrons. The van der Waals surface area contributed by atoms with Crippen LogP contribution < -0.4 is 10.1 Å². The molecule has 0 saturated heterocycles. The Balaban J connectivity index is 1.66. The van der Waals surface area contributed by atoms with Gasteiger partial charge in [0.1, 0.15) is 11.5 Å². The Morgan fingerprint density at radius 1 is 0.900 bits per heavy atom. The molecule has 1 aromatic heterocycles. The van der Waals surface area contributed by atoms with Crippen LogP contribution in [-0.2, 0) is 6.54 Å². The molecule has 0 aliphatic heterocycles. The van der Waals surface area contributed by atoms with Gasteiger partial charge in [-0.1, -0.05) is 24.3 Å². The standard InChI is InChI=1S/C17H15NO2/c1-2-6-16(7-3-1)20-17-8-4-5-15(11-17)18-12-14-9-10-19-13-14/h1-11,13,18H,12H2. The van der Waals surface area contributed by atoms with Crippen molar-refractivity contribution in [3.63, 3.8) is 0 Å². The third-order valence-electron chi connectivity index (χ3n) is 2.89. The monoisotopic (exact) mass is 265 g/mol. The number of furan rings is 1. The molecule has 3 nitrogen and oxygen atoms in total. The Hall–Kier alpha value is -2.68. The van der Waals surface area contributed by atoms with Crippen LogP contribution in [0.2, 0.25) is 0 Å². The molecule has 0 bridgehead atoms. The quantitative estimate of drug-likeness (QED) is 0.727. The maximum Gasteiger partial charge on any atom is 0.129 e. The fourth-order valence-electron chi connectivity index (χ4n) is 1.89. The number of hydrogen-bond donors (Lipinski definition) is 1. The second kappa shape index (κ2) is 5.97. The first kappa shape index (κ1) is 12.4. The molecule has 3 aromatic rings. The van der Waals surface area contributed by atoms with Crippen molar-refractivity contribution in [2.45, 2.75) is 6.54 Å². The van der Waals surface area contributed by atoms with Crippen molar-refractivity contribution >= 4 is 5.69 Å². The molecule has 0 unspecified atom stereocenters. The number of nitrogens with one attached hydrogen (secondary N) is 1. The maximum absolute atomic E-state index is 5.80. The van der Waals surface area contributed by atoms with E-state index >= 15 is 0 Å². The van der Waals surface area contributed by atoms with Crippen molar-refractivity contribution in [1.29, 1.82) is 0 Å². The minimum atomic E-state index is 0.727. The molecule has 1 heterocycles. The predicted molar refractivity (Wildman–Crippen MR) is 79.0 cm³/mol. The van der Waals surface area contributed by atoms with E-state index < -0.39 is 0 Å². The topological polar surface area (TPSA) is 34.4 Å². The van der Waals surface area contributed by atoms with Gasteiger partial charge in [0.05, 0.1) is 12.5 Å². The van der Waals surface area contributed by atoms with Crippen molar-refractivity contribution in [3.05, 3.63) is 78.8 Å². The van der Waals surface area contributed by atoms with E-state index in [1.54, 1.807) is 12.5 Å². The Labute approximate surface area is 117 Å².